The first-order chi connectivity index (χ1) is 10.1. The number of nitrogens with zero attached hydrogens (tertiary/aromatic N) is 2. The molecule has 1 heterocycles. The van der Waals surface area contributed by atoms with Crippen LogP contribution in [0.1, 0.15) is 29.4 Å². The number of hydrogen-bond donors (Lipinski definition) is 2. The summed E-state index contributed by atoms with van der Waals surface area (Å²) in [5, 5.41) is 6.71. The fourth-order valence-electron chi connectivity index (χ4n) is 2.33. The molecule has 2 N–H and O–H groups in total. The highest BCUT2D eigenvalue weighted by molar-refractivity contribution is 5.57. The second kappa shape index (κ2) is 7.07. The number of nitrogens with one attached hydrogen (secondary N) is 2. The van der Waals surface area contributed by atoms with E-state index in [4.69, 9.17) is 0 Å². The van der Waals surface area contributed by atoms with Gasteiger partial charge in [-0.2, -0.15) is 0 Å². The molecular weight excluding hydrogens is 260 g/mol. The predicted octanol–water partition coefficient (Wildman–Crippen LogP) is 3.49. The van der Waals surface area contributed by atoms with E-state index in [2.05, 4.69) is 58.7 Å². The number of anilines is 2. The van der Waals surface area contributed by atoms with Crippen LogP contribution in [0.25, 0.3) is 0 Å². The fourth-order valence-corrected chi connectivity index (χ4v) is 2.33. The molecule has 0 aliphatic rings. The maximum absolute atomic E-state index is 4.50. The van der Waals surface area contributed by atoms with Gasteiger partial charge in [0.15, 0.2) is 0 Å². The molecule has 0 aliphatic carbocycles. The monoisotopic (exact) mass is 284 g/mol. The van der Waals surface area contributed by atoms with E-state index in [9.17, 15) is 0 Å². The summed E-state index contributed by atoms with van der Waals surface area (Å²) >= 11 is 0. The lowest BCUT2D eigenvalue weighted by Gasteiger charge is -2.13. The Kier molecular flexibility index (Phi) is 5.14. The molecule has 0 unspecified atom stereocenters. The number of hydrogen-bond acceptors (Lipinski definition) is 4. The Morgan fingerprint density at radius 2 is 1.71 bits per heavy atom. The normalized spacial score (nSPS) is 10.5. The van der Waals surface area contributed by atoms with E-state index in [-0.39, 0.29) is 0 Å². The van der Waals surface area contributed by atoms with Crippen molar-refractivity contribution in [1.82, 2.24) is 9.97 Å². The minimum Gasteiger partial charge on any atom is -0.370 e. The van der Waals surface area contributed by atoms with Crippen LogP contribution in [0.4, 0.5) is 11.6 Å². The van der Waals surface area contributed by atoms with Crippen LogP contribution in [-0.2, 0) is 6.42 Å². The van der Waals surface area contributed by atoms with Gasteiger partial charge in [-0.1, -0.05) is 29.8 Å². The summed E-state index contributed by atoms with van der Waals surface area (Å²) in [6, 6.07) is 8.62. The lowest BCUT2D eigenvalue weighted by molar-refractivity contribution is 0.965. The van der Waals surface area contributed by atoms with Crippen LogP contribution in [-0.4, -0.2) is 23.1 Å². The Hall–Kier alpha value is -2.10. The summed E-state index contributed by atoms with van der Waals surface area (Å²) in [6.45, 7) is 9.89. The van der Waals surface area contributed by atoms with Crippen LogP contribution >= 0.6 is 0 Å². The van der Waals surface area contributed by atoms with E-state index < -0.39 is 0 Å². The van der Waals surface area contributed by atoms with Crippen LogP contribution in [0.2, 0.25) is 0 Å². The van der Waals surface area contributed by atoms with Crippen molar-refractivity contribution >= 4 is 11.6 Å². The Morgan fingerprint density at radius 1 is 1.00 bits per heavy atom. The Bertz CT molecular complexity index is 608. The van der Waals surface area contributed by atoms with Gasteiger partial charge >= 0.3 is 0 Å². The average molecular weight is 284 g/mol. The Balaban J connectivity index is 2.03. The highest BCUT2D eigenvalue weighted by atomic mass is 15.1. The second-order valence-electron chi connectivity index (χ2n) is 5.29. The largest absolute Gasteiger partial charge is 0.370 e. The van der Waals surface area contributed by atoms with E-state index >= 15 is 0 Å². The van der Waals surface area contributed by atoms with Crippen molar-refractivity contribution < 1.29 is 0 Å². The molecular formula is C17H24N4. The fraction of sp³-hybridized carbons (Fsp3) is 0.412. The van der Waals surface area contributed by atoms with Crippen LogP contribution in [0.5, 0.6) is 0 Å². The van der Waals surface area contributed by atoms with Gasteiger partial charge in [0.05, 0.1) is 0 Å². The molecule has 4 heteroatoms. The number of benzene rings is 1. The van der Waals surface area contributed by atoms with Gasteiger partial charge in [0.25, 0.3) is 0 Å². The number of rotatable bonds is 6. The van der Waals surface area contributed by atoms with Gasteiger partial charge in [0.1, 0.15) is 17.5 Å². The summed E-state index contributed by atoms with van der Waals surface area (Å²) in [5.74, 6) is 2.63. The van der Waals surface area contributed by atoms with Crippen molar-refractivity contribution in [2.24, 2.45) is 0 Å². The second-order valence-corrected chi connectivity index (χ2v) is 5.29. The van der Waals surface area contributed by atoms with Gasteiger partial charge in [-0.25, -0.2) is 9.97 Å². The molecule has 21 heavy (non-hydrogen) atoms. The summed E-state index contributed by atoms with van der Waals surface area (Å²) < 4.78 is 0. The minimum atomic E-state index is 0.787. The molecule has 0 aliphatic heterocycles. The maximum atomic E-state index is 4.50. The Labute approximate surface area is 127 Å². The van der Waals surface area contributed by atoms with Crippen molar-refractivity contribution in [3.05, 3.63) is 46.8 Å². The smallest absolute Gasteiger partial charge is 0.134 e. The zero-order valence-electron chi connectivity index (χ0n) is 13.3. The van der Waals surface area contributed by atoms with E-state index in [0.29, 0.717) is 0 Å². The molecule has 0 bridgehead atoms. The molecule has 2 aromatic rings. The topological polar surface area (TPSA) is 49.8 Å². The van der Waals surface area contributed by atoms with Crippen molar-refractivity contribution in [2.75, 3.05) is 23.7 Å². The molecule has 112 valence electrons. The minimum absolute atomic E-state index is 0.787. The van der Waals surface area contributed by atoms with Crippen molar-refractivity contribution in [3.8, 4) is 0 Å². The molecule has 0 saturated heterocycles. The average Bonchev–Trinajstić information content (AvgIpc) is 2.44. The zero-order chi connectivity index (χ0) is 15.2. The molecule has 0 saturated carbocycles. The van der Waals surface area contributed by atoms with E-state index in [1.54, 1.807) is 0 Å². The van der Waals surface area contributed by atoms with Crippen molar-refractivity contribution in [2.45, 2.75) is 34.1 Å². The molecule has 1 aromatic carbocycles. The van der Waals surface area contributed by atoms with Crippen LogP contribution in [0.3, 0.4) is 0 Å². The molecule has 4 nitrogen and oxygen atoms in total. The lowest BCUT2D eigenvalue weighted by Crippen LogP contribution is -2.12. The molecule has 0 radical (unpaired) electrons. The molecule has 1 aromatic heterocycles. The van der Waals surface area contributed by atoms with Gasteiger partial charge in [0.2, 0.25) is 0 Å². The highest BCUT2D eigenvalue weighted by Gasteiger charge is 2.08. The molecule has 0 atom stereocenters. The Morgan fingerprint density at radius 3 is 2.38 bits per heavy atom. The first kappa shape index (κ1) is 15.3. The van der Waals surface area contributed by atoms with Gasteiger partial charge in [-0.05, 0) is 39.7 Å². The van der Waals surface area contributed by atoms with Gasteiger partial charge in [0, 0.05) is 18.7 Å². The van der Waals surface area contributed by atoms with E-state index in [1.165, 1.54) is 11.1 Å². The molecule has 0 spiro atoms. The van der Waals surface area contributed by atoms with E-state index in [0.717, 1.165) is 42.5 Å². The predicted molar refractivity (Wildman–Crippen MR) is 89.0 cm³/mol. The van der Waals surface area contributed by atoms with Crippen LogP contribution < -0.4 is 10.6 Å². The SMILES string of the molecule is CCNc1nc(C)nc(NCCc2cccc(C)c2)c1C. The summed E-state index contributed by atoms with van der Waals surface area (Å²) in [7, 11) is 0. The van der Waals surface area contributed by atoms with Crippen LogP contribution in [0.15, 0.2) is 24.3 Å². The quantitative estimate of drug-likeness (QED) is 0.852. The first-order valence-corrected chi connectivity index (χ1v) is 7.48. The summed E-state index contributed by atoms with van der Waals surface area (Å²) in [6.07, 6.45) is 0.987. The number of aryl methyl sites for hydroxylation is 2. The molecule has 0 fully saturated rings. The van der Waals surface area contributed by atoms with E-state index in [1.807, 2.05) is 13.8 Å². The van der Waals surface area contributed by atoms with Crippen molar-refractivity contribution in [1.29, 1.82) is 0 Å². The zero-order valence-corrected chi connectivity index (χ0v) is 13.3. The third-order valence-electron chi connectivity index (χ3n) is 3.39. The lowest BCUT2D eigenvalue weighted by atomic mass is 10.1. The van der Waals surface area contributed by atoms with Gasteiger partial charge in [-0.3, -0.25) is 0 Å². The third kappa shape index (κ3) is 4.18. The summed E-state index contributed by atoms with van der Waals surface area (Å²) in [4.78, 5) is 8.94. The standard InChI is InChI=1S/C17H24N4/c1-5-18-16-13(3)17(21-14(4)20-16)19-10-9-15-8-6-7-12(2)11-15/h6-8,11H,5,9-10H2,1-4H3,(H2,18,19,20,21). The van der Waals surface area contributed by atoms with Gasteiger partial charge in [-0.15, -0.1) is 0 Å². The van der Waals surface area contributed by atoms with Crippen LogP contribution in [0, 0.1) is 20.8 Å². The highest BCUT2D eigenvalue weighted by Crippen LogP contribution is 2.19. The van der Waals surface area contributed by atoms with Crippen molar-refractivity contribution in [3.63, 3.8) is 0 Å². The summed E-state index contributed by atoms with van der Waals surface area (Å²) in [5.41, 5.74) is 3.72. The maximum Gasteiger partial charge on any atom is 0.134 e. The molecule has 0 amide bonds. The third-order valence-corrected chi connectivity index (χ3v) is 3.39. The number of aromatic nitrogens is 2. The van der Waals surface area contributed by atoms with Gasteiger partial charge < -0.3 is 10.6 Å². The first-order valence-electron chi connectivity index (χ1n) is 7.48. The molecule has 2 rings (SSSR count).